The molecule has 0 unspecified atom stereocenters. The summed E-state index contributed by atoms with van der Waals surface area (Å²) in [7, 11) is 0. The standard InChI is InChI=1S/C12H18BrNO2/c1-2-11(9-5-6-15-8-9)14-7-10-3-4-12(13)16-10/h3-4,9,11,14H,2,5-8H2,1H3/t9-,11+/m1/s1. The first kappa shape index (κ1) is 12.1. The van der Waals surface area contributed by atoms with Crippen LogP contribution in [0.3, 0.4) is 0 Å². The first-order valence-electron chi connectivity index (χ1n) is 5.85. The van der Waals surface area contributed by atoms with E-state index in [1.165, 1.54) is 6.42 Å². The zero-order chi connectivity index (χ0) is 11.4. The molecule has 2 atom stereocenters. The average Bonchev–Trinajstić information content (AvgIpc) is 2.91. The molecule has 0 amide bonds. The second-order valence-corrected chi connectivity index (χ2v) is 5.01. The van der Waals surface area contributed by atoms with Crippen molar-refractivity contribution in [3.8, 4) is 0 Å². The fourth-order valence-corrected chi connectivity index (χ4v) is 2.53. The van der Waals surface area contributed by atoms with Crippen molar-refractivity contribution in [3.05, 3.63) is 22.6 Å². The van der Waals surface area contributed by atoms with Gasteiger partial charge >= 0.3 is 0 Å². The van der Waals surface area contributed by atoms with Gasteiger partial charge in [0.15, 0.2) is 4.67 Å². The van der Waals surface area contributed by atoms with Crippen LogP contribution in [-0.4, -0.2) is 19.3 Å². The van der Waals surface area contributed by atoms with E-state index in [4.69, 9.17) is 9.15 Å². The fraction of sp³-hybridized carbons (Fsp3) is 0.667. The molecule has 3 nitrogen and oxygen atoms in total. The van der Waals surface area contributed by atoms with Crippen molar-refractivity contribution in [3.63, 3.8) is 0 Å². The molecule has 1 fully saturated rings. The molecule has 1 aliphatic heterocycles. The van der Waals surface area contributed by atoms with Crippen LogP contribution in [0.15, 0.2) is 21.2 Å². The van der Waals surface area contributed by atoms with Gasteiger partial charge < -0.3 is 14.5 Å². The number of rotatable bonds is 5. The van der Waals surface area contributed by atoms with Crippen molar-refractivity contribution in [1.29, 1.82) is 0 Å². The van der Waals surface area contributed by atoms with Gasteiger partial charge in [-0.15, -0.1) is 0 Å². The van der Waals surface area contributed by atoms with Gasteiger partial charge in [0.1, 0.15) is 5.76 Å². The molecule has 1 aromatic heterocycles. The van der Waals surface area contributed by atoms with Crippen molar-refractivity contribution in [2.45, 2.75) is 32.4 Å². The molecule has 0 aliphatic carbocycles. The molecule has 1 aliphatic rings. The number of furan rings is 1. The van der Waals surface area contributed by atoms with E-state index in [-0.39, 0.29) is 0 Å². The molecule has 4 heteroatoms. The lowest BCUT2D eigenvalue weighted by Gasteiger charge is -2.21. The van der Waals surface area contributed by atoms with Crippen LogP contribution in [0.25, 0.3) is 0 Å². The summed E-state index contributed by atoms with van der Waals surface area (Å²) in [6.07, 6.45) is 2.31. The van der Waals surface area contributed by atoms with Gasteiger partial charge in [0.25, 0.3) is 0 Å². The summed E-state index contributed by atoms with van der Waals surface area (Å²) < 4.78 is 11.7. The largest absolute Gasteiger partial charge is 0.453 e. The highest BCUT2D eigenvalue weighted by Gasteiger charge is 2.24. The van der Waals surface area contributed by atoms with Gasteiger partial charge in [-0.1, -0.05) is 6.92 Å². The maximum atomic E-state index is 5.46. The Kier molecular flexibility index (Phi) is 4.44. The molecule has 90 valence electrons. The molecule has 16 heavy (non-hydrogen) atoms. The van der Waals surface area contributed by atoms with Crippen LogP contribution in [0.1, 0.15) is 25.5 Å². The summed E-state index contributed by atoms with van der Waals surface area (Å²) >= 11 is 3.31. The van der Waals surface area contributed by atoms with Crippen LogP contribution >= 0.6 is 15.9 Å². The van der Waals surface area contributed by atoms with Gasteiger partial charge in [0.2, 0.25) is 0 Å². The first-order chi connectivity index (χ1) is 7.79. The topological polar surface area (TPSA) is 34.4 Å². The Morgan fingerprint density at radius 2 is 2.44 bits per heavy atom. The Balaban J connectivity index is 1.82. The summed E-state index contributed by atoms with van der Waals surface area (Å²) in [6, 6.07) is 4.46. The molecule has 0 saturated carbocycles. The lowest BCUT2D eigenvalue weighted by molar-refractivity contribution is 0.175. The third-order valence-corrected chi connectivity index (χ3v) is 3.57. The number of hydrogen-bond donors (Lipinski definition) is 1. The van der Waals surface area contributed by atoms with Crippen molar-refractivity contribution in [2.75, 3.05) is 13.2 Å². The Labute approximate surface area is 105 Å². The molecule has 0 aromatic carbocycles. The Hall–Kier alpha value is -0.320. The van der Waals surface area contributed by atoms with Gasteiger partial charge in [-0.25, -0.2) is 0 Å². The van der Waals surface area contributed by atoms with E-state index in [1.807, 2.05) is 12.1 Å². The van der Waals surface area contributed by atoms with Gasteiger partial charge in [-0.05, 0) is 46.8 Å². The number of hydrogen-bond acceptors (Lipinski definition) is 3. The first-order valence-corrected chi connectivity index (χ1v) is 6.64. The third-order valence-electron chi connectivity index (χ3n) is 3.14. The summed E-state index contributed by atoms with van der Waals surface area (Å²) in [6.45, 7) is 4.82. The maximum absolute atomic E-state index is 5.46. The summed E-state index contributed by atoms with van der Waals surface area (Å²) in [5.74, 6) is 1.63. The molecule has 0 spiro atoms. The molecule has 1 aromatic rings. The van der Waals surface area contributed by atoms with E-state index < -0.39 is 0 Å². The van der Waals surface area contributed by atoms with Crippen molar-refractivity contribution in [1.82, 2.24) is 5.32 Å². The van der Waals surface area contributed by atoms with E-state index in [0.717, 1.165) is 36.6 Å². The SMILES string of the molecule is CC[C@H](NCc1ccc(Br)o1)[C@@H]1CCOC1. The molecule has 2 heterocycles. The minimum absolute atomic E-state index is 0.534. The highest BCUT2D eigenvalue weighted by atomic mass is 79.9. The maximum Gasteiger partial charge on any atom is 0.169 e. The van der Waals surface area contributed by atoms with Crippen molar-refractivity contribution >= 4 is 15.9 Å². The van der Waals surface area contributed by atoms with Crippen LogP contribution in [0.4, 0.5) is 0 Å². The molecule has 0 bridgehead atoms. The minimum Gasteiger partial charge on any atom is -0.453 e. The van der Waals surface area contributed by atoms with E-state index in [1.54, 1.807) is 0 Å². The van der Waals surface area contributed by atoms with Gasteiger partial charge in [-0.2, -0.15) is 0 Å². The van der Waals surface area contributed by atoms with Crippen molar-refractivity contribution < 1.29 is 9.15 Å². The second-order valence-electron chi connectivity index (χ2n) is 4.23. The van der Waals surface area contributed by atoms with Gasteiger partial charge in [-0.3, -0.25) is 0 Å². The number of ether oxygens (including phenoxy) is 1. The quantitative estimate of drug-likeness (QED) is 0.904. The fourth-order valence-electron chi connectivity index (χ4n) is 2.19. The predicted octanol–water partition coefficient (Wildman–Crippen LogP) is 2.95. The molecule has 0 radical (unpaired) electrons. The van der Waals surface area contributed by atoms with E-state index >= 15 is 0 Å². The van der Waals surface area contributed by atoms with Crippen LogP contribution in [-0.2, 0) is 11.3 Å². The zero-order valence-corrected chi connectivity index (χ0v) is 11.1. The highest BCUT2D eigenvalue weighted by molar-refractivity contribution is 9.10. The molecule has 1 N–H and O–H groups in total. The van der Waals surface area contributed by atoms with Crippen molar-refractivity contribution in [2.24, 2.45) is 5.92 Å². The minimum atomic E-state index is 0.534. The molecular weight excluding hydrogens is 270 g/mol. The average molecular weight is 288 g/mol. The van der Waals surface area contributed by atoms with Crippen LogP contribution < -0.4 is 5.32 Å². The normalized spacial score (nSPS) is 22.5. The molecular formula is C12H18BrNO2. The van der Waals surface area contributed by atoms with E-state index in [0.29, 0.717) is 12.0 Å². The predicted molar refractivity (Wildman–Crippen MR) is 66.3 cm³/mol. The third kappa shape index (κ3) is 3.09. The molecule has 2 rings (SSSR count). The summed E-state index contributed by atoms with van der Waals surface area (Å²) in [4.78, 5) is 0. The van der Waals surface area contributed by atoms with Crippen LogP contribution in [0, 0.1) is 5.92 Å². The number of nitrogens with one attached hydrogen (secondary N) is 1. The lowest BCUT2D eigenvalue weighted by atomic mass is 9.97. The van der Waals surface area contributed by atoms with Crippen LogP contribution in [0.2, 0.25) is 0 Å². The second kappa shape index (κ2) is 5.84. The van der Waals surface area contributed by atoms with Crippen LogP contribution in [0.5, 0.6) is 0 Å². The van der Waals surface area contributed by atoms with Gasteiger partial charge in [0.05, 0.1) is 13.2 Å². The highest BCUT2D eigenvalue weighted by Crippen LogP contribution is 2.20. The van der Waals surface area contributed by atoms with E-state index in [2.05, 4.69) is 28.2 Å². The Bertz CT molecular complexity index is 321. The van der Waals surface area contributed by atoms with Gasteiger partial charge in [0, 0.05) is 12.6 Å². The summed E-state index contributed by atoms with van der Waals surface area (Å²) in [5, 5.41) is 3.55. The number of halogens is 1. The monoisotopic (exact) mass is 287 g/mol. The Morgan fingerprint density at radius 1 is 1.56 bits per heavy atom. The smallest absolute Gasteiger partial charge is 0.169 e. The summed E-state index contributed by atoms with van der Waals surface area (Å²) in [5.41, 5.74) is 0. The van der Waals surface area contributed by atoms with E-state index in [9.17, 15) is 0 Å². The zero-order valence-electron chi connectivity index (χ0n) is 9.54. The molecule has 1 saturated heterocycles. The lowest BCUT2D eigenvalue weighted by Crippen LogP contribution is -2.35. The Morgan fingerprint density at radius 3 is 3.00 bits per heavy atom.